The maximum atomic E-state index is 11.4. The molecular weight excluding hydrogens is 280 g/mol. The van der Waals surface area contributed by atoms with Gasteiger partial charge in [0.25, 0.3) is 0 Å². The molecule has 0 saturated heterocycles. The first kappa shape index (κ1) is 15.5. The molecule has 1 N–H and O–H groups in total. The Morgan fingerprint density at radius 2 is 1.82 bits per heavy atom. The van der Waals surface area contributed by atoms with Crippen molar-refractivity contribution in [3.05, 3.63) is 72.3 Å². The van der Waals surface area contributed by atoms with Crippen LogP contribution in [0.3, 0.4) is 0 Å². The number of rotatable bonds is 5. The lowest BCUT2D eigenvalue weighted by molar-refractivity contribution is -0.142. The van der Waals surface area contributed by atoms with Crippen LogP contribution in [0.5, 0.6) is 0 Å². The smallest absolute Gasteiger partial charge is 0.336 e. The van der Waals surface area contributed by atoms with Crippen LogP contribution < -0.4 is 0 Å². The Hall–Kier alpha value is -2.88. The van der Waals surface area contributed by atoms with E-state index in [0.29, 0.717) is 5.56 Å². The Morgan fingerprint density at radius 3 is 2.41 bits per heavy atom. The Kier molecular flexibility index (Phi) is 4.73. The van der Waals surface area contributed by atoms with E-state index < -0.39 is 18.0 Å². The van der Waals surface area contributed by atoms with Gasteiger partial charge in [-0.3, -0.25) is 0 Å². The van der Waals surface area contributed by atoms with Crippen molar-refractivity contribution in [2.45, 2.75) is 13.0 Å². The topological polar surface area (TPSA) is 63.6 Å². The van der Waals surface area contributed by atoms with E-state index in [4.69, 9.17) is 4.74 Å². The van der Waals surface area contributed by atoms with Crippen molar-refractivity contribution in [2.75, 3.05) is 0 Å². The van der Waals surface area contributed by atoms with Crippen LogP contribution in [0.25, 0.3) is 11.1 Å². The van der Waals surface area contributed by atoms with Crippen molar-refractivity contribution in [3.63, 3.8) is 0 Å². The number of benzene rings is 2. The molecule has 1 unspecified atom stereocenters. The Balaban J connectivity index is 2.46. The maximum Gasteiger partial charge on any atom is 0.336 e. The number of carboxylic acids is 1. The predicted molar refractivity (Wildman–Crippen MR) is 83.5 cm³/mol. The highest BCUT2D eigenvalue weighted by Gasteiger charge is 2.19. The van der Waals surface area contributed by atoms with Gasteiger partial charge in [0.05, 0.1) is 5.56 Å². The van der Waals surface area contributed by atoms with Gasteiger partial charge < -0.3 is 9.84 Å². The molecule has 2 aromatic rings. The molecule has 0 fully saturated rings. The van der Waals surface area contributed by atoms with Gasteiger partial charge in [0, 0.05) is 11.6 Å². The van der Waals surface area contributed by atoms with Crippen molar-refractivity contribution in [1.82, 2.24) is 0 Å². The van der Waals surface area contributed by atoms with Gasteiger partial charge in [0.15, 0.2) is 0 Å². The molecule has 22 heavy (non-hydrogen) atoms. The van der Waals surface area contributed by atoms with Gasteiger partial charge >= 0.3 is 11.9 Å². The summed E-state index contributed by atoms with van der Waals surface area (Å²) in [6.07, 6.45) is 0.373. The SMILES string of the molecule is C=CC(=O)OC(C)c1cc(-c2ccccc2)ccc1C(=O)O. The second-order valence-electron chi connectivity index (χ2n) is 4.76. The summed E-state index contributed by atoms with van der Waals surface area (Å²) in [5, 5.41) is 9.31. The molecule has 0 saturated carbocycles. The second-order valence-corrected chi connectivity index (χ2v) is 4.76. The lowest BCUT2D eigenvalue weighted by atomic mass is 9.96. The van der Waals surface area contributed by atoms with Crippen LogP contribution in [-0.2, 0) is 9.53 Å². The van der Waals surface area contributed by atoms with Crippen LogP contribution in [0.4, 0.5) is 0 Å². The third-order valence-electron chi connectivity index (χ3n) is 3.29. The van der Waals surface area contributed by atoms with Gasteiger partial charge in [-0.15, -0.1) is 0 Å². The highest BCUT2D eigenvalue weighted by atomic mass is 16.5. The summed E-state index contributed by atoms with van der Waals surface area (Å²) in [7, 11) is 0. The first-order chi connectivity index (χ1) is 10.5. The predicted octanol–water partition coefficient (Wildman–Crippen LogP) is 3.84. The first-order valence-electron chi connectivity index (χ1n) is 6.78. The Morgan fingerprint density at radius 1 is 1.14 bits per heavy atom. The molecule has 0 radical (unpaired) electrons. The molecule has 4 nitrogen and oxygen atoms in total. The van der Waals surface area contributed by atoms with E-state index >= 15 is 0 Å². The van der Waals surface area contributed by atoms with Crippen molar-refractivity contribution in [2.24, 2.45) is 0 Å². The van der Waals surface area contributed by atoms with Crippen molar-refractivity contribution in [3.8, 4) is 11.1 Å². The van der Waals surface area contributed by atoms with Crippen LogP contribution in [-0.4, -0.2) is 17.0 Å². The van der Waals surface area contributed by atoms with Crippen LogP contribution in [0.1, 0.15) is 28.9 Å². The number of ether oxygens (including phenoxy) is 1. The molecule has 2 rings (SSSR count). The van der Waals surface area contributed by atoms with Crippen molar-refractivity contribution < 1.29 is 19.4 Å². The van der Waals surface area contributed by atoms with Crippen LogP contribution >= 0.6 is 0 Å². The van der Waals surface area contributed by atoms with E-state index in [0.717, 1.165) is 17.2 Å². The summed E-state index contributed by atoms with van der Waals surface area (Å²) in [6, 6.07) is 14.6. The highest BCUT2D eigenvalue weighted by molar-refractivity contribution is 5.91. The summed E-state index contributed by atoms with van der Waals surface area (Å²) in [6.45, 7) is 4.98. The van der Waals surface area contributed by atoms with E-state index in [1.54, 1.807) is 19.1 Å². The van der Waals surface area contributed by atoms with E-state index in [2.05, 4.69) is 6.58 Å². The number of esters is 1. The summed E-state index contributed by atoms with van der Waals surface area (Å²) >= 11 is 0. The molecule has 4 heteroatoms. The number of hydrogen-bond donors (Lipinski definition) is 1. The molecule has 1 atom stereocenters. The summed E-state index contributed by atoms with van der Waals surface area (Å²) in [5.41, 5.74) is 2.39. The lowest BCUT2D eigenvalue weighted by Gasteiger charge is -2.16. The molecule has 0 aliphatic heterocycles. The van der Waals surface area contributed by atoms with Crippen LogP contribution in [0, 0.1) is 0 Å². The van der Waals surface area contributed by atoms with Crippen LogP contribution in [0.15, 0.2) is 61.2 Å². The molecule has 0 amide bonds. The molecule has 2 aromatic carbocycles. The van der Waals surface area contributed by atoms with E-state index in [1.165, 1.54) is 6.07 Å². The maximum absolute atomic E-state index is 11.4. The summed E-state index contributed by atoms with van der Waals surface area (Å²) in [4.78, 5) is 22.7. The van der Waals surface area contributed by atoms with Crippen molar-refractivity contribution >= 4 is 11.9 Å². The first-order valence-corrected chi connectivity index (χ1v) is 6.78. The molecule has 0 aliphatic rings. The molecule has 112 valence electrons. The largest absolute Gasteiger partial charge is 0.478 e. The summed E-state index contributed by atoms with van der Waals surface area (Å²) in [5.74, 6) is -1.65. The third kappa shape index (κ3) is 3.41. The molecular formula is C18H16O4. The number of aromatic carboxylic acids is 1. The number of carboxylic acid groups (broad SMARTS) is 1. The van der Waals surface area contributed by atoms with E-state index in [-0.39, 0.29) is 5.56 Å². The monoisotopic (exact) mass is 296 g/mol. The highest BCUT2D eigenvalue weighted by Crippen LogP contribution is 2.28. The average molecular weight is 296 g/mol. The fourth-order valence-corrected chi connectivity index (χ4v) is 2.19. The summed E-state index contributed by atoms with van der Waals surface area (Å²) < 4.78 is 5.15. The normalized spacial score (nSPS) is 11.5. The fourth-order valence-electron chi connectivity index (χ4n) is 2.19. The molecule has 0 aromatic heterocycles. The van der Waals surface area contributed by atoms with Gasteiger partial charge in [-0.05, 0) is 30.2 Å². The zero-order chi connectivity index (χ0) is 16.1. The van der Waals surface area contributed by atoms with E-state index in [9.17, 15) is 14.7 Å². The lowest BCUT2D eigenvalue weighted by Crippen LogP contribution is -2.11. The number of hydrogen-bond acceptors (Lipinski definition) is 3. The van der Waals surface area contributed by atoms with Gasteiger partial charge in [0.1, 0.15) is 6.10 Å². The van der Waals surface area contributed by atoms with Gasteiger partial charge in [-0.25, -0.2) is 9.59 Å². The Bertz CT molecular complexity index is 704. The van der Waals surface area contributed by atoms with Gasteiger partial charge in [-0.2, -0.15) is 0 Å². The van der Waals surface area contributed by atoms with Gasteiger partial charge in [-0.1, -0.05) is 43.0 Å². The molecule has 0 spiro atoms. The minimum absolute atomic E-state index is 0.115. The number of carbonyl (C=O) groups excluding carboxylic acids is 1. The van der Waals surface area contributed by atoms with Gasteiger partial charge in [0.2, 0.25) is 0 Å². The van der Waals surface area contributed by atoms with E-state index in [1.807, 2.05) is 30.3 Å². The zero-order valence-corrected chi connectivity index (χ0v) is 12.2. The third-order valence-corrected chi connectivity index (χ3v) is 3.29. The van der Waals surface area contributed by atoms with Crippen LogP contribution in [0.2, 0.25) is 0 Å². The van der Waals surface area contributed by atoms with Crippen molar-refractivity contribution in [1.29, 1.82) is 0 Å². The average Bonchev–Trinajstić information content (AvgIpc) is 2.54. The quantitative estimate of drug-likeness (QED) is 0.672. The standard InChI is InChI=1S/C18H16O4/c1-3-17(19)22-12(2)16-11-14(9-10-15(16)18(20)21)13-7-5-4-6-8-13/h3-12H,1H2,2H3,(H,20,21). The fraction of sp³-hybridized carbons (Fsp3) is 0.111. The molecule has 0 heterocycles. The zero-order valence-electron chi connectivity index (χ0n) is 12.2. The minimum atomic E-state index is -1.06. The molecule has 0 bridgehead atoms. The second kappa shape index (κ2) is 6.72. The number of carbonyl (C=O) groups is 2. The molecule has 0 aliphatic carbocycles. The Labute approximate surface area is 128 Å². The minimum Gasteiger partial charge on any atom is -0.478 e.